The van der Waals surface area contributed by atoms with Gasteiger partial charge in [-0.1, -0.05) is 52.6 Å². The summed E-state index contributed by atoms with van der Waals surface area (Å²) in [5.74, 6) is 1.10. The smallest absolute Gasteiger partial charge is 0.237 e. The molecule has 0 spiro atoms. The van der Waals surface area contributed by atoms with E-state index in [0.29, 0.717) is 28.2 Å². The summed E-state index contributed by atoms with van der Waals surface area (Å²) >= 11 is 19.5. The van der Waals surface area contributed by atoms with Gasteiger partial charge in [0.2, 0.25) is 5.91 Å². The molecule has 0 aliphatic heterocycles. The van der Waals surface area contributed by atoms with E-state index in [4.69, 9.17) is 39.2 Å². The van der Waals surface area contributed by atoms with Crippen LogP contribution in [0.2, 0.25) is 15.1 Å². The van der Waals surface area contributed by atoms with E-state index < -0.39 is 5.25 Å². The van der Waals surface area contributed by atoms with Crippen LogP contribution in [0.15, 0.2) is 46.7 Å². The van der Waals surface area contributed by atoms with E-state index >= 15 is 0 Å². The third-order valence-corrected chi connectivity index (χ3v) is 5.93. The molecular weight excluding hydrogens is 455 g/mol. The van der Waals surface area contributed by atoms with Crippen LogP contribution in [0.25, 0.3) is 11.4 Å². The Morgan fingerprint density at radius 2 is 2.03 bits per heavy atom. The van der Waals surface area contributed by atoms with Gasteiger partial charge < -0.3 is 9.73 Å². The van der Waals surface area contributed by atoms with Gasteiger partial charge in [-0.2, -0.15) is 0 Å². The number of hydrogen-bond acceptors (Lipinski definition) is 5. The van der Waals surface area contributed by atoms with Crippen LogP contribution in [-0.2, 0) is 11.3 Å². The van der Waals surface area contributed by atoms with Crippen LogP contribution in [0.5, 0.6) is 0 Å². The molecule has 3 aromatic rings. The van der Waals surface area contributed by atoms with Gasteiger partial charge in [0.25, 0.3) is 0 Å². The third kappa shape index (κ3) is 4.80. The maximum atomic E-state index is 12.7. The van der Waals surface area contributed by atoms with E-state index in [9.17, 15) is 4.79 Å². The molecule has 0 bridgehead atoms. The molecule has 0 fully saturated rings. The number of benzene rings is 1. The number of nitrogens with zero attached hydrogens (tertiary/aromatic N) is 3. The van der Waals surface area contributed by atoms with Gasteiger partial charge in [-0.25, -0.2) is 0 Å². The van der Waals surface area contributed by atoms with Crippen molar-refractivity contribution in [2.75, 3.05) is 5.32 Å². The Balaban J connectivity index is 1.81. The third-order valence-electron chi connectivity index (χ3n) is 4.03. The monoisotopic (exact) mass is 470 g/mol. The van der Waals surface area contributed by atoms with Crippen molar-refractivity contribution < 1.29 is 9.21 Å². The molecule has 2 heterocycles. The molecule has 0 aliphatic rings. The minimum atomic E-state index is -0.496. The van der Waals surface area contributed by atoms with Crippen molar-refractivity contribution in [3.05, 3.63) is 57.9 Å². The molecule has 1 atom stereocenters. The molecule has 2 aromatic heterocycles. The van der Waals surface area contributed by atoms with Gasteiger partial charge in [-0.3, -0.25) is 9.36 Å². The number of furan rings is 1. The summed E-state index contributed by atoms with van der Waals surface area (Å²) in [6, 6.07) is 4.86. The first kappa shape index (κ1) is 21.8. The molecule has 0 saturated heterocycles. The summed E-state index contributed by atoms with van der Waals surface area (Å²) in [4.78, 5) is 12.7. The molecule has 1 N–H and O–H groups in total. The van der Waals surface area contributed by atoms with Gasteiger partial charge in [-0.05, 0) is 32.0 Å². The summed E-state index contributed by atoms with van der Waals surface area (Å²) < 4.78 is 7.24. The number of hydrogen-bond donors (Lipinski definition) is 1. The number of amides is 1. The predicted molar refractivity (Wildman–Crippen MR) is 118 cm³/mol. The molecule has 3 rings (SSSR count). The molecule has 1 amide bonds. The number of anilines is 1. The average Bonchev–Trinajstić information content (AvgIpc) is 3.24. The number of aromatic nitrogens is 3. The number of allylic oxidation sites excluding steroid dienone is 1. The first-order chi connectivity index (χ1) is 13.8. The van der Waals surface area contributed by atoms with Crippen LogP contribution in [0.3, 0.4) is 0 Å². The van der Waals surface area contributed by atoms with E-state index in [1.54, 1.807) is 19.3 Å². The number of aryl methyl sites for hydroxylation is 1. The number of halogens is 3. The maximum Gasteiger partial charge on any atom is 0.237 e. The standard InChI is InChI=1S/C19H17Cl3N4O2S/c1-4-6-26-17(13-5-7-28-10(13)2)24-25-19(26)29-11(3)18(27)23-16-14(21)8-12(20)9-15(16)22/h4-5,7-9,11H,1,6H2,2-3H3,(H,23,27). The fourth-order valence-corrected chi connectivity index (χ4v) is 4.35. The molecular formula is C19H17Cl3N4O2S. The van der Waals surface area contributed by atoms with Crippen molar-refractivity contribution >= 4 is 58.2 Å². The highest BCUT2D eigenvalue weighted by Gasteiger charge is 2.23. The summed E-state index contributed by atoms with van der Waals surface area (Å²) in [5, 5.41) is 12.3. The van der Waals surface area contributed by atoms with Crippen molar-refractivity contribution in [3.63, 3.8) is 0 Å². The second-order valence-electron chi connectivity index (χ2n) is 6.09. The fraction of sp³-hybridized carbons (Fsp3) is 0.211. The van der Waals surface area contributed by atoms with Crippen LogP contribution in [0.1, 0.15) is 12.7 Å². The molecule has 1 aromatic carbocycles. The molecule has 1 unspecified atom stereocenters. The largest absolute Gasteiger partial charge is 0.469 e. The summed E-state index contributed by atoms with van der Waals surface area (Å²) in [5.41, 5.74) is 1.15. The van der Waals surface area contributed by atoms with Gasteiger partial charge in [0, 0.05) is 11.6 Å². The average molecular weight is 472 g/mol. The molecule has 0 aliphatic carbocycles. The lowest BCUT2D eigenvalue weighted by Crippen LogP contribution is -2.23. The minimum Gasteiger partial charge on any atom is -0.469 e. The molecule has 0 saturated carbocycles. The highest BCUT2D eigenvalue weighted by molar-refractivity contribution is 8.00. The van der Waals surface area contributed by atoms with Crippen LogP contribution in [-0.4, -0.2) is 25.9 Å². The first-order valence-electron chi connectivity index (χ1n) is 8.52. The quantitative estimate of drug-likeness (QED) is 0.332. The molecule has 29 heavy (non-hydrogen) atoms. The zero-order valence-electron chi connectivity index (χ0n) is 15.6. The normalized spacial score (nSPS) is 12.0. The zero-order chi connectivity index (χ0) is 21.1. The predicted octanol–water partition coefficient (Wildman–Crippen LogP) is 6.11. The van der Waals surface area contributed by atoms with Crippen LogP contribution < -0.4 is 5.32 Å². The highest BCUT2D eigenvalue weighted by atomic mass is 35.5. The summed E-state index contributed by atoms with van der Waals surface area (Å²) in [6.45, 7) is 7.88. The number of carbonyl (C=O) groups excluding carboxylic acids is 1. The Hall–Kier alpha value is -1.93. The van der Waals surface area contributed by atoms with Gasteiger partial charge in [0.05, 0.1) is 32.8 Å². The van der Waals surface area contributed by atoms with Crippen molar-refractivity contribution in [3.8, 4) is 11.4 Å². The zero-order valence-corrected chi connectivity index (χ0v) is 18.7. The maximum absolute atomic E-state index is 12.7. The Morgan fingerprint density at radius 1 is 1.34 bits per heavy atom. The SMILES string of the molecule is C=CCn1c(SC(C)C(=O)Nc2c(Cl)cc(Cl)cc2Cl)nnc1-c1ccoc1C. The Morgan fingerprint density at radius 3 is 2.62 bits per heavy atom. The van der Waals surface area contributed by atoms with Crippen LogP contribution >= 0.6 is 46.6 Å². The van der Waals surface area contributed by atoms with Gasteiger partial charge >= 0.3 is 0 Å². The van der Waals surface area contributed by atoms with E-state index in [1.165, 1.54) is 23.9 Å². The van der Waals surface area contributed by atoms with Gasteiger partial charge in [0.1, 0.15) is 5.76 Å². The van der Waals surface area contributed by atoms with Crippen LogP contribution in [0.4, 0.5) is 5.69 Å². The van der Waals surface area contributed by atoms with Gasteiger partial charge in [0.15, 0.2) is 11.0 Å². The fourth-order valence-electron chi connectivity index (χ4n) is 2.58. The number of thioether (sulfide) groups is 1. The number of carbonyl (C=O) groups is 1. The first-order valence-corrected chi connectivity index (χ1v) is 10.5. The van der Waals surface area contributed by atoms with Gasteiger partial charge in [-0.15, -0.1) is 16.8 Å². The Kier molecular flexibility index (Phi) is 6.95. The lowest BCUT2D eigenvalue weighted by Gasteiger charge is -2.14. The summed E-state index contributed by atoms with van der Waals surface area (Å²) in [7, 11) is 0. The van der Waals surface area contributed by atoms with E-state index in [-0.39, 0.29) is 16.0 Å². The van der Waals surface area contributed by atoms with Crippen molar-refractivity contribution in [2.45, 2.75) is 30.8 Å². The summed E-state index contributed by atoms with van der Waals surface area (Å²) in [6.07, 6.45) is 3.34. The second-order valence-corrected chi connectivity index (χ2v) is 8.65. The number of rotatable bonds is 7. The second kappa shape index (κ2) is 9.26. The van der Waals surface area contributed by atoms with Crippen molar-refractivity contribution in [1.82, 2.24) is 14.8 Å². The molecule has 152 valence electrons. The minimum absolute atomic E-state index is 0.264. The topological polar surface area (TPSA) is 73.0 Å². The Bertz CT molecular complexity index is 1040. The lowest BCUT2D eigenvalue weighted by molar-refractivity contribution is -0.115. The highest BCUT2D eigenvalue weighted by Crippen LogP contribution is 2.35. The van der Waals surface area contributed by atoms with E-state index in [2.05, 4.69) is 22.1 Å². The number of nitrogens with one attached hydrogen (secondary N) is 1. The van der Waals surface area contributed by atoms with E-state index in [1.807, 2.05) is 17.6 Å². The van der Waals surface area contributed by atoms with Crippen molar-refractivity contribution in [1.29, 1.82) is 0 Å². The molecule has 0 radical (unpaired) electrons. The lowest BCUT2D eigenvalue weighted by atomic mass is 10.2. The van der Waals surface area contributed by atoms with Crippen molar-refractivity contribution in [2.24, 2.45) is 0 Å². The van der Waals surface area contributed by atoms with E-state index in [0.717, 1.165) is 11.3 Å². The Labute approximate surface area is 187 Å². The van der Waals surface area contributed by atoms with Crippen LogP contribution in [0, 0.1) is 6.92 Å². The molecule has 6 nitrogen and oxygen atoms in total. The molecule has 10 heteroatoms.